The number of hydrogen-bond donors (Lipinski definition) is 1. The number of nitrogens with two attached hydrogens (primary N) is 1. The molecule has 2 N–H and O–H groups in total. The second-order valence-corrected chi connectivity index (χ2v) is 4.32. The Labute approximate surface area is 107 Å². The summed E-state index contributed by atoms with van der Waals surface area (Å²) in [6.07, 6.45) is 0. The minimum absolute atomic E-state index is 0.653. The molecule has 2 rings (SSSR count). The second kappa shape index (κ2) is 4.80. The van der Waals surface area contributed by atoms with E-state index in [1.807, 2.05) is 49.2 Å². The highest BCUT2D eigenvalue weighted by atomic mass is 15.1. The summed E-state index contributed by atoms with van der Waals surface area (Å²) in [6.45, 7) is 2.01. The fraction of sp³-hybridized carbons (Fsp3) is 0.133. The number of anilines is 3. The number of rotatable bonds is 2. The molecule has 0 atom stereocenters. The van der Waals surface area contributed by atoms with Gasteiger partial charge in [0.05, 0.1) is 11.6 Å². The van der Waals surface area contributed by atoms with Gasteiger partial charge in [0.25, 0.3) is 0 Å². The van der Waals surface area contributed by atoms with E-state index in [9.17, 15) is 0 Å². The lowest BCUT2D eigenvalue weighted by atomic mass is 10.1. The topological polar surface area (TPSA) is 53.0 Å². The Morgan fingerprint density at radius 3 is 2.56 bits per heavy atom. The molecule has 0 unspecified atom stereocenters. The van der Waals surface area contributed by atoms with Gasteiger partial charge in [-0.15, -0.1) is 0 Å². The Morgan fingerprint density at radius 1 is 1.11 bits per heavy atom. The number of nitriles is 1. The van der Waals surface area contributed by atoms with Crippen LogP contribution in [0.15, 0.2) is 42.5 Å². The Kier molecular flexibility index (Phi) is 3.20. The van der Waals surface area contributed by atoms with E-state index in [-0.39, 0.29) is 0 Å². The fourth-order valence-electron chi connectivity index (χ4n) is 1.92. The average molecular weight is 237 g/mol. The lowest BCUT2D eigenvalue weighted by Gasteiger charge is -2.20. The predicted octanol–water partition coefficient (Wildman–Crippen LogP) is 3.22. The van der Waals surface area contributed by atoms with Crippen LogP contribution in [0.5, 0.6) is 0 Å². The number of aryl methyl sites for hydroxylation is 1. The van der Waals surface area contributed by atoms with E-state index in [1.54, 1.807) is 6.07 Å². The molecule has 0 bridgehead atoms. The van der Waals surface area contributed by atoms with Crippen molar-refractivity contribution in [3.8, 4) is 6.07 Å². The van der Waals surface area contributed by atoms with E-state index in [2.05, 4.69) is 12.1 Å². The van der Waals surface area contributed by atoms with Crippen LogP contribution in [-0.4, -0.2) is 7.05 Å². The van der Waals surface area contributed by atoms with Gasteiger partial charge in [0, 0.05) is 24.1 Å². The average Bonchev–Trinajstić information content (AvgIpc) is 2.37. The maximum atomic E-state index is 8.91. The summed E-state index contributed by atoms with van der Waals surface area (Å²) in [5, 5.41) is 8.91. The van der Waals surface area contributed by atoms with Crippen molar-refractivity contribution in [2.75, 3.05) is 17.7 Å². The van der Waals surface area contributed by atoms with Gasteiger partial charge in [-0.25, -0.2) is 0 Å². The first-order valence-corrected chi connectivity index (χ1v) is 5.71. The van der Waals surface area contributed by atoms with Gasteiger partial charge >= 0.3 is 0 Å². The number of benzene rings is 2. The fourth-order valence-corrected chi connectivity index (χ4v) is 1.92. The highest BCUT2D eigenvalue weighted by molar-refractivity contribution is 5.67. The van der Waals surface area contributed by atoms with Crippen molar-refractivity contribution in [2.24, 2.45) is 0 Å². The molecule has 0 radical (unpaired) electrons. The molecule has 90 valence electrons. The lowest BCUT2D eigenvalue weighted by Crippen LogP contribution is -2.10. The molecule has 0 amide bonds. The third kappa shape index (κ3) is 2.44. The Balaban J connectivity index is 2.41. The summed E-state index contributed by atoms with van der Waals surface area (Å²) in [5.74, 6) is 0. The van der Waals surface area contributed by atoms with Crippen LogP contribution in [0, 0.1) is 18.3 Å². The van der Waals surface area contributed by atoms with Crippen LogP contribution in [0.1, 0.15) is 11.1 Å². The Bertz CT molecular complexity index is 591. The van der Waals surface area contributed by atoms with Crippen molar-refractivity contribution in [1.82, 2.24) is 0 Å². The van der Waals surface area contributed by atoms with E-state index < -0.39 is 0 Å². The molecule has 0 aliphatic rings. The number of nitrogens with zero attached hydrogens (tertiary/aromatic N) is 2. The molecule has 0 aliphatic heterocycles. The van der Waals surface area contributed by atoms with Crippen molar-refractivity contribution >= 4 is 17.1 Å². The van der Waals surface area contributed by atoms with Crippen LogP contribution in [0.25, 0.3) is 0 Å². The SMILES string of the molecule is Cc1cc(N)cc(N(C)c2cccc(C#N)c2)c1. The van der Waals surface area contributed by atoms with E-state index in [0.29, 0.717) is 5.56 Å². The van der Waals surface area contributed by atoms with Crippen LogP contribution < -0.4 is 10.6 Å². The van der Waals surface area contributed by atoms with Gasteiger partial charge in [-0.2, -0.15) is 5.26 Å². The summed E-state index contributed by atoms with van der Waals surface area (Å²) in [6, 6.07) is 15.6. The van der Waals surface area contributed by atoms with E-state index in [1.165, 1.54) is 0 Å². The molecule has 3 nitrogen and oxygen atoms in total. The van der Waals surface area contributed by atoms with Gasteiger partial charge in [-0.05, 0) is 48.9 Å². The monoisotopic (exact) mass is 237 g/mol. The van der Waals surface area contributed by atoms with Crippen LogP contribution in [0.4, 0.5) is 17.1 Å². The summed E-state index contributed by atoms with van der Waals surface area (Å²) in [4.78, 5) is 2.02. The molecule has 0 saturated carbocycles. The van der Waals surface area contributed by atoms with Crippen LogP contribution in [-0.2, 0) is 0 Å². The van der Waals surface area contributed by atoms with Gasteiger partial charge in [-0.1, -0.05) is 6.07 Å². The van der Waals surface area contributed by atoms with E-state index in [0.717, 1.165) is 22.6 Å². The van der Waals surface area contributed by atoms with Crippen molar-refractivity contribution in [1.29, 1.82) is 5.26 Å². The number of nitrogen functional groups attached to an aromatic ring is 1. The molecular formula is C15H15N3. The third-order valence-electron chi connectivity index (χ3n) is 2.83. The number of hydrogen-bond acceptors (Lipinski definition) is 3. The summed E-state index contributed by atoms with van der Waals surface area (Å²) < 4.78 is 0. The standard InChI is InChI=1S/C15H15N3/c1-11-6-13(17)9-15(7-11)18(2)14-5-3-4-12(8-14)10-16/h3-9H,17H2,1-2H3. The van der Waals surface area contributed by atoms with Crippen LogP contribution >= 0.6 is 0 Å². The van der Waals surface area contributed by atoms with E-state index >= 15 is 0 Å². The molecule has 0 fully saturated rings. The van der Waals surface area contributed by atoms with E-state index in [4.69, 9.17) is 11.0 Å². The molecule has 0 spiro atoms. The highest BCUT2D eigenvalue weighted by Gasteiger charge is 2.06. The normalized spacial score (nSPS) is 9.83. The van der Waals surface area contributed by atoms with Gasteiger partial charge in [-0.3, -0.25) is 0 Å². The summed E-state index contributed by atoms with van der Waals surface area (Å²) in [5.41, 5.74) is 10.4. The molecular weight excluding hydrogens is 222 g/mol. The highest BCUT2D eigenvalue weighted by Crippen LogP contribution is 2.26. The molecule has 2 aromatic carbocycles. The summed E-state index contributed by atoms with van der Waals surface area (Å²) in [7, 11) is 1.96. The minimum Gasteiger partial charge on any atom is -0.399 e. The van der Waals surface area contributed by atoms with Crippen molar-refractivity contribution in [2.45, 2.75) is 6.92 Å². The predicted molar refractivity (Wildman–Crippen MR) is 74.8 cm³/mol. The molecule has 0 saturated heterocycles. The quantitative estimate of drug-likeness (QED) is 0.816. The Hall–Kier alpha value is -2.47. The third-order valence-corrected chi connectivity index (χ3v) is 2.83. The molecule has 18 heavy (non-hydrogen) atoms. The van der Waals surface area contributed by atoms with Gasteiger partial charge in [0.15, 0.2) is 0 Å². The zero-order valence-corrected chi connectivity index (χ0v) is 10.5. The molecule has 0 aromatic heterocycles. The first kappa shape index (κ1) is 12.0. The smallest absolute Gasteiger partial charge is 0.0992 e. The molecule has 0 aliphatic carbocycles. The molecule has 0 heterocycles. The van der Waals surface area contributed by atoms with Crippen molar-refractivity contribution < 1.29 is 0 Å². The van der Waals surface area contributed by atoms with Crippen LogP contribution in [0.3, 0.4) is 0 Å². The van der Waals surface area contributed by atoms with Gasteiger partial charge in [0.2, 0.25) is 0 Å². The molecule has 2 aromatic rings. The van der Waals surface area contributed by atoms with Gasteiger partial charge in [0.1, 0.15) is 0 Å². The van der Waals surface area contributed by atoms with Crippen molar-refractivity contribution in [3.05, 3.63) is 53.6 Å². The first-order chi connectivity index (χ1) is 8.60. The molecule has 3 heteroatoms. The maximum Gasteiger partial charge on any atom is 0.0992 e. The largest absolute Gasteiger partial charge is 0.399 e. The van der Waals surface area contributed by atoms with Crippen LogP contribution in [0.2, 0.25) is 0 Å². The first-order valence-electron chi connectivity index (χ1n) is 5.71. The lowest BCUT2D eigenvalue weighted by molar-refractivity contribution is 1.20. The summed E-state index contributed by atoms with van der Waals surface area (Å²) >= 11 is 0. The zero-order chi connectivity index (χ0) is 13.1. The van der Waals surface area contributed by atoms with Gasteiger partial charge < -0.3 is 10.6 Å². The zero-order valence-electron chi connectivity index (χ0n) is 10.5. The minimum atomic E-state index is 0.653. The second-order valence-electron chi connectivity index (χ2n) is 4.32. The van der Waals surface area contributed by atoms with Crippen molar-refractivity contribution in [3.63, 3.8) is 0 Å². The Morgan fingerprint density at radius 2 is 1.89 bits per heavy atom. The maximum absolute atomic E-state index is 8.91.